The molecule has 0 aromatic heterocycles. The molecule has 0 atom stereocenters. The van der Waals surface area contributed by atoms with E-state index >= 15 is 0 Å². The maximum Gasteiger partial charge on any atom is 0.186 e. The van der Waals surface area contributed by atoms with Gasteiger partial charge >= 0.3 is 0 Å². The molecular weight excluding hydrogens is 236 g/mol. The smallest absolute Gasteiger partial charge is 0.186 e. The maximum atomic E-state index is 11.9. The van der Waals surface area contributed by atoms with Gasteiger partial charge in [-0.15, -0.1) is 0 Å². The van der Waals surface area contributed by atoms with Crippen LogP contribution in [0.2, 0.25) is 0 Å². The first-order chi connectivity index (χ1) is 9.24. The van der Waals surface area contributed by atoms with Crippen LogP contribution in [0.3, 0.4) is 0 Å². The van der Waals surface area contributed by atoms with Crippen LogP contribution >= 0.6 is 0 Å². The molecule has 0 aliphatic carbocycles. The molecule has 0 bridgehead atoms. The highest BCUT2D eigenvalue weighted by Gasteiger charge is 2.09. The summed E-state index contributed by atoms with van der Waals surface area (Å²) in [4.78, 5) is 11.9. The molecule has 19 heavy (non-hydrogen) atoms. The molecule has 0 aliphatic rings. The molecule has 0 radical (unpaired) electrons. The number of rotatable bonds is 2. The minimum Gasteiger partial charge on any atom is -0.496 e. The lowest BCUT2D eigenvalue weighted by Gasteiger charge is -2.09. The van der Waals surface area contributed by atoms with Gasteiger partial charge < -0.3 is 4.74 Å². The van der Waals surface area contributed by atoms with Crippen molar-refractivity contribution in [1.82, 2.24) is 0 Å². The first kappa shape index (κ1) is 15.0. The van der Waals surface area contributed by atoms with Crippen molar-refractivity contribution in [1.29, 1.82) is 0 Å². The third kappa shape index (κ3) is 3.44. The lowest BCUT2D eigenvalue weighted by atomic mass is 10.0. The van der Waals surface area contributed by atoms with Crippen molar-refractivity contribution in [2.24, 2.45) is 0 Å². The molecule has 2 rings (SSSR count). The fourth-order valence-corrected chi connectivity index (χ4v) is 1.89. The van der Waals surface area contributed by atoms with Crippen molar-refractivity contribution in [2.75, 3.05) is 7.11 Å². The minimum absolute atomic E-state index is 0.00102. The van der Waals surface area contributed by atoms with E-state index in [1.165, 1.54) is 0 Å². The lowest BCUT2D eigenvalue weighted by Crippen LogP contribution is -2.01. The second-order valence-corrected chi connectivity index (χ2v) is 3.84. The molecule has 0 N–H and O–H groups in total. The molecule has 2 aromatic rings. The number of ether oxygens (including phenoxy) is 1. The Bertz CT molecular complexity index is 589. The molecule has 0 heterocycles. The SMILES string of the molecule is CC.COc1c(C)cccc1-c1cccccc1=O. The average Bonchev–Trinajstić information content (AvgIpc) is 2.65. The van der Waals surface area contributed by atoms with Crippen LogP contribution in [0.4, 0.5) is 0 Å². The van der Waals surface area contributed by atoms with E-state index in [4.69, 9.17) is 4.74 Å². The fraction of sp³-hybridized carbons (Fsp3) is 0.235. The monoisotopic (exact) mass is 256 g/mol. The summed E-state index contributed by atoms with van der Waals surface area (Å²) in [5, 5.41) is 0. The molecule has 0 amide bonds. The van der Waals surface area contributed by atoms with Gasteiger partial charge in [-0.3, -0.25) is 4.79 Å². The lowest BCUT2D eigenvalue weighted by molar-refractivity contribution is 0.413. The molecule has 0 spiro atoms. The summed E-state index contributed by atoms with van der Waals surface area (Å²) < 4.78 is 5.38. The van der Waals surface area contributed by atoms with Crippen LogP contribution in [0.1, 0.15) is 19.4 Å². The quantitative estimate of drug-likeness (QED) is 0.810. The van der Waals surface area contributed by atoms with Gasteiger partial charge in [0.1, 0.15) is 5.75 Å². The van der Waals surface area contributed by atoms with E-state index in [-0.39, 0.29) is 5.43 Å². The molecule has 2 heteroatoms. The van der Waals surface area contributed by atoms with Crippen molar-refractivity contribution in [3.8, 4) is 16.9 Å². The highest BCUT2D eigenvalue weighted by atomic mass is 16.5. The topological polar surface area (TPSA) is 26.3 Å². The van der Waals surface area contributed by atoms with E-state index < -0.39 is 0 Å². The summed E-state index contributed by atoms with van der Waals surface area (Å²) >= 11 is 0. The second-order valence-electron chi connectivity index (χ2n) is 3.84. The Hall–Kier alpha value is -2.09. The fourth-order valence-electron chi connectivity index (χ4n) is 1.89. The van der Waals surface area contributed by atoms with Crippen molar-refractivity contribution in [3.63, 3.8) is 0 Å². The van der Waals surface area contributed by atoms with E-state index in [0.717, 1.165) is 16.9 Å². The standard InChI is InChI=1S/C15H14O2.C2H6/c1-11-7-6-9-13(15(11)17-2)12-8-4-3-5-10-14(12)16;1-2/h3-10H,1-2H3;1-2H3. The zero-order valence-electron chi connectivity index (χ0n) is 11.9. The first-order valence-corrected chi connectivity index (χ1v) is 6.47. The van der Waals surface area contributed by atoms with Crippen LogP contribution in [0.25, 0.3) is 11.1 Å². The summed E-state index contributed by atoms with van der Waals surface area (Å²) in [5.41, 5.74) is 2.53. The normalized spacial score (nSPS) is 9.26. The maximum absolute atomic E-state index is 11.9. The number of para-hydroxylation sites is 1. The number of hydrogen-bond donors (Lipinski definition) is 0. The Balaban J connectivity index is 0.000000861. The summed E-state index contributed by atoms with van der Waals surface area (Å²) in [6.45, 7) is 5.97. The van der Waals surface area contributed by atoms with Crippen LogP contribution in [-0.2, 0) is 0 Å². The summed E-state index contributed by atoms with van der Waals surface area (Å²) in [7, 11) is 1.62. The summed E-state index contributed by atoms with van der Waals surface area (Å²) in [6.07, 6.45) is 0. The molecule has 0 fully saturated rings. The van der Waals surface area contributed by atoms with Gasteiger partial charge in [0.2, 0.25) is 0 Å². The molecule has 100 valence electrons. The molecule has 2 nitrogen and oxygen atoms in total. The van der Waals surface area contributed by atoms with Crippen LogP contribution in [0.15, 0.2) is 53.3 Å². The molecule has 0 saturated heterocycles. The van der Waals surface area contributed by atoms with Gasteiger partial charge in [0.15, 0.2) is 5.43 Å². The average molecular weight is 256 g/mol. The van der Waals surface area contributed by atoms with Crippen molar-refractivity contribution < 1.29 is 4.74 Å². The van der Waals surface area contributed by atoms with Gasteiger partial charge in [-0.2, -0.15) is 0 Å². The Morgan fingerprint density at radius 3 is 2.16 bits per heavy atom. The van der Waals surface area contributed by atoms with Crippen molar-refractivity contribution in [3.05, 3.63) is 64.3 Å². The molecule has 0 unspecified atom stereocenters. The Labute approximate surface area is 114 Å². The summed E-state index contributed by atoms with van der Waals surface area (Å²) in [6, 6.07) is 14.6. The van der Waals surface area contributed by atoms with Crippen LogP contribution < -0.4 is 10.2 Å². The van der Waals surface area contributed by atoms with Crippen LogP contribution in [0, 0.1) is 6.92 Å². The summed E-state index contributed by atoms with van der Waals surface area (Å²) in [5.74, 6) is 0.760. The highest BCUT2D eigenvalue weighted by molar-refractivity contribution is 5.71. The first-order valence-electron chi connectivity index (χ1n) is 6.47. The minimum atomic E-state index is -0.00102. The van der Waals surface area contributed by atoms with Crippen LogP contribution in [0.5, 0.6) is 5.75 Å². The Morgan fingerprint density at radius 1 is 0.842 bits per heavy atom. The van der Waals surface area contributed by atoms with Crippen molar-refractivity contribution >= 4 is 0 Å². The highest BCUT2D eigenvalue weighted by Crippen LogP contribution is 2.30. The number of hydrogen-bond acceptors (Lipinski definition) is 2. The van der Waals surface area contributed by atoms with Gasteiger partial charge in [-0.05, 0) is 18.6 Å². The van der Waals surface area contributed by atoms with Crippen molar-refractivity contribution in [2.45, 2.75) is 20.8 Å². The zero-order chi connectivity index (χ0) is 14.3. The van der Waals surface area contributed by atoms with E-state index in [1.54, 1.807) is 19.2 Å². The van der Waals surface area contributed by atoms with Gasteiger partial charge in [-0.1, -0.05) is 56.3 Å². The Morgan fingerprint density at radius 2 is 1.47 bits per heavy atom. The third-order valence-electron chi connectivity index (χ3n) is 2.70. The molecule has 0 aliphatic heterocycles. The predicted octanol–water partition coefficient (Wildman–Crippen LogP) is 4.06. The zero-order valence-corrected chi connectivity index (χ0v) is 11.9. The third-order valence-corrected chi connectivity index (χ3v) is 2.70. The van der Waals surface area contributed by atoms with Gasteiger partial charge in [0.25, 0.3) is 0 Å². The Kier molecular flexibility index (Phi) is 5.80. The predicted molar refractivity (Wildman–Crippen MR) is 80.8 cm³/mol. The van der Waals surface area contributed by atoms with E-state index in [0.29, 0.717) is 5.56 Å². The molecule has 0 saturated carbocycles. The molecule has 2 aromatic carbocycles. The molecular formula is C17H20O2. The van der Waals surface area contributed by atoms with E-state index in [2.05, 4.69) is 0 Å². The van der Waals surface area contributed by atoms with Gasteiger partial charge in [-0.25, -0.2) is 0 Å². The number of aryl methyl sites for hydroxylation is 1. The van der Waals surface area contributed by atoms with Gasteiger partial charge in [0, 0.05) is 11.1 Å². The number of methoxy groups -OCH3 is 1. The largest absolute Gasteiger partial charge is 0.496 e. The second kappa shape index (κ2) is 7.37. The number of benzene rings is 1. The van der Waals surface area contributed by atoms with E-state index in [9.17, 15) is 4.79 Å². The van der Waals surface area contributed by atoms with Gasteiger partial charge in [0.05, 0.1) is 7.11 Å². The van der Waals surface area contributed by atoms with Crippen LogP contribution in [-0.4, -0.2) is 7.11 Å². The van der Waals surface area contributed by atoms with E-state index in [1.807, 2.05) is 57.2 Å².